The van der Waals surface area contributed by atoms with E-state index in [9.17, 15) is 4.79 Å². The first-order valence-electron chi connectivity index (χ1n) is 6.26. The molecule has 0 aliphatic rings. The van der Waals surface area contributed by atoms with Gasteiger partial charge in [-0.1, -0.05) is 0 Å². The first kappa shape index (κ1) is 14.1. The van der Waals surface area contributed by atoms with Crippen LogP contribution in [0.1, 0.15) is 21.6 Å². The summed E-state index contributed by atoms with van der Waals surface area (Å²) in [7, 11) is 1.94. The van der Waals surface area contributed by atoms with Gasteiger partial charge in [-0.25, -0.2) is 14.8 Å². The molecular weight excluding hydrogens is 256 g/mol. The molecule has 6 nitrogen and oxygen atoms in total. The molecule has 0 aliphatic carbocycles. The third-order valence-electron chi connectivity index (χ3n) is 2.98. The molecule has 0 saturated heterocycles. The Balaban J connectivity index is 1.95. The maximum Gasteiger partial charge on any atom is 0.339 e. The van der Waals surface area contributed by atoms with Crippen molar-refractivity contribution in [3.63, 3.8) is 0 Å². The van der Waals surface area contributed by atoms with Crippen molar-refractivity contribution >= 4 is 5.97 Å². The molecule has 0 radical (unpaired) electrons. The van der Waals surface area contributed by atoms with Gasteiger partial charge in [-0.15, -0.1) is 0 Å². The van der Waals surface area contributed by atoms with Crippen LogP contribution < -0.4 is 0 Å². The number of aromatic carboxylic acids is 1. The van der Waals surface area contributed by atoms with E-state index >= 15 is 0 Å². The summed E-state index contributed by atoms with van der Waals surface area (Å²) in [5.74, 6) is -0.997. The van der Waals surface area contributed by atoms with E-state index < -0.39 is 5.97 Å². The van der Waals surface area contributed by atoms with Gasteiger partial charge in [-0.05, 0) is 31.2 Å². The van der Waals surface area contributed by atoms with E-state index in [-0.39, 0.29) is 5.56 Å². The van der Waals surface area contributed by atoms with Gasteiger partial charge in [0.1, 0.15) is 11.9 Å². The molecule has 0 amide bonds. The molecular formula is C14H16N4O2. The van der Waals surface area contributed by atoms with Crippen molar-refractivity contribution in [3.8, 4) is 0 Å². The third-order valence-corrected chi connectivity index (χ3v) is 2.98. The molecule has 0 saturated carbocycles. The number of carbonyl (C=O) groups is 1. The topological polar surface area (TPSA) is 79.2 Å². The molecule has 0 aromatic carbocycles. The number of aromatic nitrogens is 3. The number of nitrogens with zero attached hydrogens (tertiary/aromatic N) is 4. The number of pyridine rings is 1. The van der Waals surface area contributed by atoms with E-state index in [2.05, 4.69) is 15.0 Å². The minimum absolute atomic E-state index is 0.156. The number of carboxylic acids is 1. The Hall–Kier alpha value is -2.34. The maximum atomic E-state index is 11.1. The van der Waals surface area contributed by atoms with Crippen LogP contribution in [0.4, 0.5) is 0 Å². The molecule has 0 spiro atoms. The van der Waals surface area contributed by atoms with Crippen molar-refractivity contribution in [1.29, 1.82) is 0 Å². The standard InChI is InChI=1S/C14H16N4O2/c1-18(7-4-11-2-5-15-6-3-11)9-13-12(14(19)20)8-16-10-17-13/h2-3,5-6,8,10H,4,7,9H2,1H3,(H,19,20). The molecule has 0 aliphatic heterocycles. The highest BCUT2D eigenvalue weighted by atomic mass is 16.4. The van der Waals surface area contributed by atoms with Crippen LogP contribution in [-0.4, -0.2) is 44.5 Å². The fraction of sp³-hybridized carbons (Fsp3) is 0.286. The number of rotatable bonds is 6. The van der Waals surface area contributed by atoms with E-state index in [0.717, 1.165) is 13.0 Å². The van der Waals surface area contributed by atoms with Crippen LogP contribution in [0.5, 0.6) is 0 Å². The summed E-state index contributed by atoms with van der Waals surface area (Å²) in [5, 5.41) is 9.08. The fourth-order valence-electron chi connectivity index (χ4n) is 1.86. The summed E-state index contributed by atoms with van der Waals surface area (Å²) in [4.78, 5) is 24.9. The van der Waals surface area contributed by atoms with Gasteiger partial charge < -0.3 is 10.0 Å². The molecule has 0 unspecified atom stereocenters. The Bertz CT molecular complexity index is 574. The molecule has 2 aromatic rings. The highest BCUT2D eigenvalue weighted by molar-refractivity contribution is 5.88. The van der Waals surface area contributed by atoms with Gasteiger partial charge in [0.25, 0.3) is 0 Å². The van der Waals surface area contributed by atoms with Gasteiger partial charge in [-0.3, -0.25) is 4.98 Å². The fourth-order valence-corrected chi connectivity index (χ4v) is 1.86. The lowest BCUT2D eigenvalue weighted by molar-refractivity contribution is 0.0693. The van der Waals surface area contributed by atoms with Gasteiger partial charge in [0.15, 0.2) is 0 Å². The van der Waals surface area contributed by atoms with Gasteiger partial charge in [0.05, 0.1) is 5.69 Å². The van der Waals surface area contributed by atoms with Crippen molar-refractivity contribution in [3.05, 3.63) is 53.9 Å². The lowest BCUT2D eigenvalue weighted by Gasteiger charge is -2.16. The molecule has 2 rings (SSSR count). The Morgan fingerprint density at radius 2 is 2.05 bits per heavy atom. The molecule has 6 heteroatoms. The summed E-state index contributed by atoms with van der Waals surface area (Å²) in [6.45, 7) is 1.29. The zero-order valence-electron chi connectivity index (χ0n) is 11.2. The first-order chi connectivity index (χ1) is 9.66. The van der Waals surface area contributed by atoms with Crippen LogP contribution in [0.3, 0.4) is 0 Å². The molecule has 0 fully saturated rings. The summed E-state index contributed by atoms with van der Waals surface area (Å²) in [6.07, 6.45) is 7.12. The Labute approximate surface area is 117 Å². The minimum Gasteiger partial charge on any atom is -0.478 e. The second-order valence-electron chi connectivity index (χ2n) is 4.53. The monoisotopic (exact) mass is 272 g/mol. The van der Waals surface area contributed by atoms with Crippen molar-refractivity contribution in [1.82, 2.24) is 19.9 Å². The third kappa shape index (κ3) is 3.83. The zero-order valence-corrected chi connectivity index (χ0v) is 11.2. The van der Waals surface area contributed by atoms with E-state index in [1.54, 1.807) is 12.4 Å². The second-order valence-corrected chi connectivity index (χ2v) is 4.53. The minimum atomic E-state index is -0.997. The van der Waals surface area contributed by atoms with Gasteiger partial charge >= 0.3 is 5.97 Å². The summed E-state index contributed by atoms with van der Waals surface area (Å²) in [5.41, 5.74) is 1.89. The van der Waals surface area contributed by atoms with Crippen LogP contribution in [-0.2, 0) is 13.0 Å². The molecule has 2 aromatic heterocycles. The molecule has 104 valence electrons. The predicted molar refractivity (Wildman–Crippen MR) is 73.3 cm³/mol. The van der Waals surface area contributed by atoms with Gasteiger partial charge in [0, 0.05) is 31.7 Å². The summed E-state index contributed by atoms with van der Waals surface area (Å²) in [6, 6.07) is 3.95. The Kier molecular flexibility index (Phi) is 4.73. The largest absolute Gasteiger partial charge is 0.478 e. The zero-order chi connectivity index (χ0) is 14.4. The maximum absolute atomic E-state index is 11.1. The predicted octanol–water partition coefficient (Wildman–Crippen LogP) is 1.24. The van der Waals surface area contributed by atoms with E-state index in [1.165, 1.54) is 18.1 Å². The second kappa shape index (κ2) is 6.72. The molecule has 1 N–H and O–H groups in total. The quantitative estimate of drug-likeness (QED) is 0.852. The normalized spacial score (nSPS) is 10.7. The molecule has 20 heavy (non-hydrogen) atoms. The van der Waals surface area contributed by atoms with Gasteiger partial charge in [0.2, 0.25) is 0 Å². The summed E-state index contributed by atoms with van der Waals surface area (Å²) < 4.78 is 0. The number of hydrogen-bond acceptors (Lipinski definition) is 5. The number of hydrogen-bond donors (Lipinski definition) is 1. The lowest BCUT2D eigenvalue weighted by Crippen LogP contribution is -2.23. The van der Waals surface area contributed by atoms with Crippen LogP contribution in [0.2, 0.25) is 0 Å². The molecule has 2 heterocycles. The van der Waals surface area contributed by atoms with E-state index in [4.69, 9.17) is 5.11 Å². The van der Waals surface area contributed by atoms with Crippen LogP contribution in [0.25, 0.3) is 0 Å². The average Bonchev–Trinajstić information content (AvgIpc) is 2.46. The summed E-state index contributed by atoms with van der Waals surface area (Å²) >= 11 is 0. The van der Waals surface area contributed by atoms with E-state index in [0.29, 0.717) is 12.2 Å². The SMILES string of the molecule is CN(CCc1ccncc1)Cc1ncncc1C(=O)O. The number of likely N-dealkylation sites (N-methyl/N-ethyl adjacent to an activating group) is 1. The highest BCUT2D eigenvalue weighted by Gasteiger charge is 2.12. The first-order valence-corrected chi connectivity index (χ1v) is 6.26. The van der Waals surface area contributed by atoms with Crippen molar-refractivity contribution in [2.75, 3.05) is 13.6 Å². The van der Waals surface area contributed by atoms with Crippen LogP contribution >= 0.6 is 0 Å². The van der Waals surface area contributed by atoms with Gasteiger partial charge in [-0.2, -0.15) is 0 Å². The van der Waals surface area contributed by atoms with Crippen molar-refractivity contribution in [2.24, 2.45) is 0 Å². The molecule has 0 atom stereocenters. The van der Waals surface area contributed by atoms with E-state index in [1.807, 2.05) is 24.1 Å². The highest BCUT2D eigenvalue weighted by Crippen LogP contribution is 2.07. The lowest BCUT2D eigenvalue weighted by atomic mass is 10.2. The Morgan fingerprint density at radius 1 is 1.30 bits per heavy atom. The number of carboxylic acid groups (broad SMARTS) is 1. The van der Waals surface area contributed by atoms with Crippen LogP contribution in [0, 0.1) is 0 Å². The smallest absolute Gasteiger partial charge is 0.339 e. The van der Waals surface area contributed by atoms with Crippen LogP contribution in [0.15, 0.2) is 37.1 Å². The molecule has 0 bridgehead atoms. The average molecular weight is 272 g/mol. The van der Waals surface area contributed by atoms with Crippen molar-refractivity contribution < 1.29 is 9.90 Å². The van der Waals surface area contributed by atoms with Crippen molar-refractivity contribution in [2.45, 2.75) is 13.0 Å². The Morgan fingerprint density at radius 3 is 2.75 bits per heavy atom.